The van der Waals surface area contributed by atoms with E-state index in [0.717, 1.165) is 16.0 Å². The van der Waals surface area contributed by atoms with Crippen molar-refractivity contribution in [2.45, 2.75) is 13.8 Å². The van der Waals surface area contributed by atoms with Crippen LogP contribution in [0.5, 0.6) is 5.75 Å². The quantitative estimate of drug-likeness (QED) is 0.212. The summed E-state index contributed by atoms with van der Waals surface area (Å²) in [7, 11) is 0. The van der Waals surface area contributed by atoms with Crippen molar-refractivity contribution in [3.63, 3.8) is 0 Å². The van der Waals surface area contributed by atoms with Crippen LogP contribution in [0.15, 0.2) is 58.7 Å². The number of rotatable bonds is 8. The summed E-state index contributed by atoms with van der Waals surface area (Å²) < 4.78 is 11.6. The van der Waals surface area contributed by atoms with Crippen molar-refractivity contribution in [3.8, 4) is 11.4 Å². The molecule has 4 rings (SSSR count). The predicted molar refractivity (Wildman–Crippen MR) is 133 cm³/mol. The van der Waals surface area contributed by atoms with Crippen molar-refractivity contribution in [1.82, 2.24) is 9.78 Å². The Morgan fingerprint density at radius 1 is 1.08 bits per heavy atom. The number of thiophene rings is 1. The first-order valence-corrected chi connectivity index (χ1v) is 11.7. The van der Waals surface area contributed by atoms with E-state index in [2.05, 4.69) is 10.4 Å². The molecule has 0 atom stereocenters. The molecule has 0 saturated carbocycles. The lowest BCUT2D eigenvalue weighted by atomic mass is 10.2. The van der Waals surface area contributed by atoms with E-state index in [4.69, 9.17) is 9.47 Å². The Kier molecular flexibility index (Phi) is 7.06. The first kappa shape index (κ1) is 24.5. The van der Waals surface area contributed by atoms with Gasteiger partial charge in [-0.2, -0.15) is 9.78 Å². The zero-order chi connectivity index (χ0) is 25.8. The van der Waals surface area contributed by atoms with Gasteiger partial charge in [-0.25, -0.2) is 4.79 Å². The van der Waals surface area contributed by atoms with Gasteiger partial charge in [0.2, 0.25) is 0 Å². The Morgan fingerprint density at radius 3 is 2.39 bits per heavy atom. The van der Waals surface area contributed by atoms with Crippen LogP contribution in [0.3, 0.4) is 0 Å². The highest BCUT2D eigenvalue weighted by Crippen LogP contribution is 2.31. The maximum absolute atomic E-state index is 13.5. The molecule has 0 fully saturated rings. The molecule has 0 aliphatic carbocycles. The van der Waals surface area contributed by atoms with E-state index in [0.29, 0.717) is 18.0 Å². The summed E-state index contributed by atoms with van der Waals surface area (Å²) in [5, 5.41) is 19.9. The number of ether oxygens (including phenoxy) is 2. The van der Waals surface area contributed by atoms with Crippen LogP contribution in [0.25, 0.3) is 16.5 Å². The van der Waals surface area contributed by atoms with E-state index >= 15 is 0 Å². The number of hydrogen-bond acceptors (Lipinski definition) is 9. The maximum atomic E-state index is 13.5. The van der Waals surface area contributed by atoms with Crippen molar-refractivity contribution < 1.29 is 24.0 Å². The number of nitrogens with zero attached hydrogens (tertiary/aromatic N) is 3. The topological polar surface area (TPSA) is 143 Å². The predicted octanol–water partition coefficient (Wildman–Crippen LogP) is 4.18. The Morgan fingerprint density at radius 2 is 1.78 bits per heavy atom. The molecule has 11 nitrogen and oxygen atoms in total. The summed E-state index contributed by atoms with van der Waals surface area (Å²) >= 11 is 1.05. The van der Waals surface area contributed by atoms with Gasteiger partial charge in [-0.15, -0.1) is 11.3 Å². The number of carbonyl (C=O) groups excluding carboxylic acids is 2. The number of aromatic nitrogens is 2. The van der Waals surface area contributed by atoms with Gasteiger partial charge in [0.25, 0.3) is 17.2 Å². The van der Waals surface area contributed by atoms with Crippen molar-refractivity contribution >= 4 is 44.7 Å². The summed E-state index contributed by atoms with van der Waals surface area (Å²) in [6.45, 7) is 4.09. The van der Waals surface area contributed by atoms with Crippen LogP contribution in [0.1, 0.15) is 34.7 Å². The van der Waals surface area contributed by atoms with Crippen LogP contribution in [0.4, 0.5) is 10.7 Å². The number of esters is 1. The molecule has 0 unspecified atom stereocenters. The number of non-ortho nitro benzene ring substituents is 1. The van der Waals surface area contributed by atoms with Gasteiger partial charge < -0.3 is 14.8 Å². The van der Waals surface area contributed by atoms with E-state index in [-0.39, 0.29) is 39.3 Å². The number of nitro benzene ring substituents is 1. The summed E-state index contributed by atoms with van der Waals surface area (Å²) in [6.07, 6.45) is 0. The second kappa shape index (κ2) is 10.4. The molecule has 4 aromatic rings. The van der Waals surface area contributed by atoms with Gasteiger partial charge in [0.1, 0.15) is 10.8 Å². The molecule has 36 heavy (non-hydrogen) atoms. The van der Waals surface area contributed by atoms with Crippen molar-refractivity contribution in [2.75, 3.05) is 18.5 Å². The number of nitrogens with one attached hydrogen (secondary N) is 1. The minimum Gasteiger partial charge on any atom is -0.494 e. The molecule has 0 bridgehead atoms. The minimum atomic E-state index is -0.715. The van der Waals surface area contributed by atoms with E-state index in [1.807, 2.05) is 6.92 Å². The molecule has 0 saturated heterocycles. The monoisotopic (exact) mass is 508 g/mol. The van der Waals surface area contributed by atoms with Crippen LogP contribution < -0.4 is 15.6 Å². The van der Waals surface area contributed by atoms with Crippen molar-refractivity contribution in [2.24, 2.45) is 0 Å². The second-order valence-corrected chi connectivity index (χ2v) is 8.20. The molecule has 184 valence electrons. The summed E-state index contributed by atoms with van der Waals surface area (Å²) in [6, 6.07) is 11.6. The summed E-state index contributed by atoms with van der Waals surface area (Å²) in [5.74, 6) is -0.684. The van der Waals surface area contributed by atoms with Gasteiger partial charge in [-0.05, 0) is 50.2 Å². The first-order valence-electron chi connectivity index (χ1n) is 10.8. The van der Waals surface area contributed by atoms with E-state index in [1.54, 1.807) is 36.6 Å². The Balaban J connectivity index is 1.80. The summed E-state index contributed by atoms with van der Waals surface area (Å²) in [4.78, 5) is 49.3. The molecule has 0 aliphatic heterocycles. The Hall–Kier alpha value is -4.58. The maximum Gasteiger partial charge on any atom is 0.359 e. The number of carbonyl (C=O) groups is 2. The molecule has 2 aromatic carbocycles. The highest BCUT2D eigenvalue weighted by molar-refractivity contribution is 7.16. The Bertz CT molecular complexity index is 1510. The van der Waals surface area contributed by atoms with Crippen molar-refractivity contribution in [1.29, 1.82) is 0 Å². The van der Waals surface area contributed by atoms with Crippen LogP contribution in [-0.4, -0.2) is 39.8 Å². The van der Waals surface area contributed by atoms with Gasteiger partial charge >= 0.3 is 5.97 Å². The van der Waals surface area contributed by atoms with E-state index < -0.39 is 22.4 Å². The van der Waals surface area contributed by atoms with Gasteiger partial charge in [0.05, 0.1) is 29.2 Å². The largest absolute Gasteiger partial charge is 0.494 e. The lowest BCUT2D eigenvalue weighted by Gasteiger charge is -2.11. The number of benzene rings is 2. The highest BCUT2D eigenvalue weighted by atomic mass is 32.1. The fourth-order valence-corrected chi connectivity index (χ4v) is 4.36. The first-order chi connectivity index (χ1) is 17.3. The van der Waals surface area contributed by atoms with Crippen LogP contribution in [0, 0.1) is 10.1 Å². The fraction of sp³-hybridized carbons (Fsp3) is 0.167. The molecule has 2 heterocycles. The van der Waals surface area contributed by atoms with Gasteiger partial charge in [-0.1, -0.05) is 0 Å². The fourth-order valence-electron chi connectivity index (χ4n) is 3.43. The molecule has 0 spiro atoms. The molecular formula is C24H20N4O7S. The molecule has 1 N–H and O–H groups in total. The third kappa shape index (κ3) is 4.79. The average Bonchev–Trinajstić information content (AvgIpc) is 3.29. The van der Waals surface area contributed by atoms with Crippen molar-refractivity contribution in [3.05, 3.63) is 85.6 Å². The lowest BCUT2D eigenvalue weighted by molar-refractivity contribution is -0.384. The zero-order valence-electron chi connectivity index (χ0n) is 19.2. The Labute approximate surface area is 208 Å². The third-order valence-corrected chi connectivity index (χ3v) is 5.98. The third-order valence-electron chi connectivity index (χ3n) is 5.08. The molecule has 2 aromatic heterocycles. The lowest BCUT2D eigenvalue weighted by Crippen LogP contribution is -2.25. The molecule has 0 radical (unpaired) electrons. The molecule has 1 amide bonds. The van der Waals surface area contributed by atoms with Gasteiger partial charge in [0.15, 0.2) is 5.69 Å². The number of fused-ring (bicyclic) bond motifs is 1. The summed E-state index contributed by atoms with van der Waals surface area (Å²) in [5.41, 5.74) is -0.241. The van der Waals surface area contributed by atoms with Crippen LogP contribution in [-0.2, 0) is 4.74 Å². The average molecular weight is 509 g/mol. The van der Waals surface area contributed by atoms with Crippen LogP contribution in [0.2, 0.25) is 0 Å². The van der Waals surface area contributed by atoms with Crippen LogP contribution >= 0.6 is 11.3 Å². The van der Waals surface area contributed by atoms with E-state index in [1.165, 1.54) is 24.3 Å². The minimum absolute atomic E-state index is 0.0765. The van der Waals surface area contributed by atoms with E-state index in [9.17, 15) is 24.5 Å². The normalized spacial score (nSPS) is 10.7. The number of hydrogen-bond donors (Lipinski definition) is 1. The second-order valence-electron chi connectivity index (χ2n) is 7.32. The number of nitro groups is 1. The zero-order valence-corrected chi connectivity index (χ0v) is 20.0. The highest BCUT2D eigenvalue weighted by Gasteiger charge is 2.23. The standard InChI is InChI=1S/C24H20N4O7S/c1-3-34-17-11-9-15(10-12-17)27-23(30)19-18(20(26-27)24(31)35-4-2)13-36-22(19)25-21(29)14-5-7-16(8-6-14)28(32)33/h5-13H,3-4H2,1-2H3,(H,25,29). The van der Waals surface area contributed by atoms with Gasteiger partial charge in [-0.3, -0.25) is 19.7 Å². The molecule has 12 heteroatoms. The molecule has 0 aliphatic rings. The SMILES string of the molecule is CCOC(=O)c1nn(-c2ccc(OCC)cc2)c(=O)c2c(NC(=O)c3ccc([N+](=O)[O-])cc3)scc12. The van der Waals surface area contributed by atoms with Gasteiger partial charge in [0, 0.05) is 28.5 Å². The number of amides is 1. The smallest absolute Gasteiger partial charge is 0.359 e. The number of anilines is 1. The molecular weight excluding hydrogens is 488 g/mol.